The average Bonchev–Trinajstić information content (AvgIpc) is 2.96. The second-order valence-corrected chi connectivity index (χ2v) is 5.71. The topological polar surface area (TPSA) is 81.7 Å². The number of nitrogens with one attached hydrogen (secondary N) is 2. The molecule has 3 rings (SSSR count). The van der Waals surface area contributed by atoms with Crippen molar-refractivity contribution in [3.8, 4) is 0 Å². The van der Waals surface area contributed by atoms with Gasteiger partial charge in [0.05, 0.1) is 5.69 Å². The number of rotatable bonds is 5. The molecule has 0 aliphatic carbocycles. The van der Waals surface area contributed by atoms with E-state index in [1.807, 2.05) is 0 Å². The molecule has 3 N–H and O–H groups in total. The van der Waals surface area contributed by atoms with E-state index in [1.165, 1.54) is 11.0 Å². The van der Waals surface area contributed by atoms with Crippen LogP contribution < -0.4 is 15.5 Å². The molecule has 6 nitrogen and oxygen atoms in total. The van der Waals surface area contributed by atoms with E-state index in [4.69, 9.17) is 5.11 Å². The van der Waals surface area contributed by atoms with Crippen LogP contribution in [0.25, 0.3) is 0 Å². The Hall–Kier alpha value is -2.93. The van der Waals surface area contributed by atoms with Gasteiger partial charge < -0.3 is 20.6 Å². The normalized spacial score (nSPS) is 16.8. The lowest BCUT2D eigenvalue weighted by molar-refractivity contribution is -0.119. The van der Waals surface area contributed by atoms with E-state index in [1.54, 1.807) is 42.5 Å². The first-order valence-corrected chi connectivity index (χ1v) is 7.91. The highest BCUT2D eigenvalue weighted by molar-refractivity contribution is 6.01. The van der Waals surface area contributed by atoms with Crippen molar-refractivity contribution >= 4 is 28.9 Å². The molecule has 1 saturated heterocycles. The van der Waals surface area contributed by atoms with Gasteiger partial charge >= 0.3 is 0 Å². The van der Waals surface area contributed by atoms with Crippen LogP contribution in [0.15, 0.2) is 48.5 Å². The number of hydrogen-bond acceptors (Lipinski definition) is 4. The lowest BCUT2D eigenvalue weighted by atomic mass is 10.2. The molecule has 1 atom stereocenters. The summed E-state index contributed by atoms with van der Waals surface area (Å²) in [7, 11) is 0. The lowest BCUT2D eigenvalue weighted by Gasteiger charge is -2.18. The van der Waals surface area contributed by atoms with Gasteiger partial charge in [-0.05, 0) is 36.8 Å². The summed E-state index contributed by atoms with van der Waals surface area (Å²) in [5.74, 6) is -1.14. The number of benzene rings is 2. The smallest absolute Gasteiger partial charge is 0.250 e. The molecule has 1 aliphatic heterocycles. The third-order valence-electron chi connectivity index (χ3n) is 3.98. The fraction of sp³-hybridized carbons (Fsp3) is 0.222. The molecule has 0 saturated carbocycles. The van der Waals surface area contributed by atoms with Gasteiger partial charge in [-0.1, -0.05) is 18.2 Å². The summed E-state index contributed by atoms with van der Waals surface area (Å²) in [6.45, 7) is -0.172. The molecule has 0 unspecified atom stereocenters. The maximum Gasteiger partial charge on any atom is 0.250 e. The van der Waals surface area contributed by atoms with E-state index in [9.17, 15) is 14.0 Å². The molecule has 7 heteroatoms. The van der Waals surface area contributed by atoms with E-state index < -0.39 is 24.4 Å². The predicted octanol–water partition coefficient (Wildman–Crippen LogP) is 1.97. The fourth-order valence-electron chi connectivity index (χ4n) is 2.81. The Bertz CT molecular complexity index is 797. The van der Waals surface area contributed by atoms with Crippen LogP contribution in [0.5, 0.6) is 0 Å². The number of hydrogen-bond donors (Lipinski definition) is 3. The highest BCUT2D eigenvalue weighted by Gasteiger charge is 2.33. The third-order valence-corrected chi connectivity index (χ3v) is 3.98. The molecular weight excluding hydrogens is 325 g/mol. The zero-order valence-electron chi connectivity index (χ0n) is 13.4. The van der Waals surface area contributed by atoms with Crippen LogP contribution in [-0.2, 0) is 9.59 Å². The minimum absolute atomic E-state index is 0.199. The standard InChI is InChI=1S/C18H18FN3O3/c19-14-6-1-2-7-16(14)22-9-8-15(18(22)25)20-12-4-3-5-13(10-12)21-17(24)11-23/h1-7,10,15,20,23H,8-9,11H2,(H,21,24)/t15-/m0/s1. The van der Waals surface area contributed by atoms with Gasteiger partial charge in [-0.3, -0.25) is 9.59 Å². The van der Waals surface area contributed by atoms with Crippen LogP contribution in [0.2, 0.25) is 0 Å². The molecule has 1 heterocycles. The van der Waals surface area contributed by atoms with Gasteiger partial charge in [0.25, 0.3) is 0 Å². The van der Waals surface area contributed by atoms with Gasteiger partial charge in [0, 0.05) is 17.9 Å². The third kappa shape index (κ3) is 3.77. The summed E-state index contributed by atoms with van der Waals surface area (Å²) >= 11 is 0. The molecule has 0 bridgehead atoms. The number of amides is 2. The van der Waals surface area contributed by atoms with Crippen molar-refractivity contribution in [3.05, 3.63) is 54.3 Å². The zero-order chi connectivity index (χ0) is 17.8. The van der Waals surface area contributed by atoms with Crippen molar-refractivity contribution in [2.45, 2.75) is 12.5 Å². The Morgan fingerprint density at radius 3 is 2.72 bits per heavy atom. The Morgan fingerprint density at radius 2 is 1.96 bits per heavy atom. The van der Waals surface area contributed by atoms with E-state index in [0.717, 1.165) is 0 Å². The van der Waals surface area contributed by atoms with Gasteiger partial charge in [-0.25, -0.2) is 4.39 Å². The molecule has 130 valence electrons. The second-order valence-electron chi connectivity index (χ2n) is 5.71. The number of anilines is 3. The minimum atomic E-state index is -0.601. The van der Waals surface area contributed by atoms with Crippen LogP contribution >= 0.6 is 0 Å². The summed E-state index contributed by atoms with van der Waals surface area (Å²) in [6.07, 6.45) is 0.542. The largest absolute Gasteiger partial charge is 0.387 e. The fourth-order valence-corrected chi connectivity index (χ4v) is 2.81. The molecule has 2 amide bonds. The SMILES string of the molecule is O=C(CO)Nc1cccc(N[C@H]2CCN(c3ccccc3F)C2=O)c1. The van der Waals surface area contributed by atoms with Crippen molar-refractivity contribution < 1.29 is 19.1 Å². The zero-order valence-corrected chi connectivity index (χ0v) is 13.4. The van der Waals surface area contributed by atoms with Crippen LogP contribution in [0.1, 0.15) is 6.42 Å². The number of halogens is 1. The molecule has 2 aromatic carbocycles. The molecule has 1 aliphatic rings. The molecule has 0 aromatic heterocycles. The average molecular weight is 343 g/mol. The first-order valence-electron chi connectivity index (χ1n) is 7.91. The van der Waals surface area contributed by atoms with Crippen LogP contribution in [0.3, 0.4) is 0 Å². The number of nitrogens with zero attached hydrogens (tertiary/aromatic N) is 1. The van der Waals surface area contributed by atoms with Gasteiger partial charge in [-0.15, -0.1) is 0 Å². The summed E-state index contributed by atoms with van der Waals surface area (Å²) in [5.41, 5.74) is 1.45. The van der Waals surface area contributed by atoms with E-state index in [2.05, 4.69) is 10.6 Å². The van der Waals surface area contributed by atoms with Crippen LogP contribution in [-0.4, -0.2) is 36.1 Å². The first kappa shape index (κ1) is 16.9. The van der Waals surface area contributed by atoms with Crippen molar-refractivity contribution in [1.29, 1.82) is 0 Å². The Kier molecular flexibility index (Phi) is 4.95. The number of para-hydroxylation sites is 1. The van der Waals surface area contributed by atoms with Gasteiger partial charge in [-0.2, -0.15) is 0 Å². The van der Waals surface area contributed by atoms with Crippen molar-refractivity contribution in [2.24, 2.45) is 0 Å². The molecule has 0 radical (unpaired) electrons. The maximum atomic E-state index is 13.9. The number of carbonyl (C=O) groups excluding carboxylic acids is 2. The lowest BCUT2D eigenvalue weighted by Crippen LogP contribution is -2.33. The number of aliphatic hydroxyl groups excluding tert-OH is 1. The first-order chi connectivity index (χ1) is 12.1. The molecule has 2 aromatic rings. The molecule has 1 fully saturated rings. The van der Waals surface area contributed by atoms with E-state index in [0.29, 0.717) is 24.3 Å². The summed E-state index contributed by atoms with van der Waals surface area (Å²) in [4.78, 5) is 25.2. The summed E-state index contributed by atoms with van der Waals surface area (Å²) < 4.78 is 13.9. The quantitative estimate of drug-likeness (QED) is 0.775. The van der Waals surface area contributed by atoms with Gasteiger partial charge in [0.1, 0.15) is 18.5 Å². The molecular formula is C18H18FN3O3. The summed E-state index contributed by atoms with van der Waals surface area (Å²) in [5, 5.41) is 14.4. The van der Waals surface area contributed by atoms with Crippen LogP contribution in [0.4, 0.5) is 21.5 Å². The number of carbonyl (C=O) groups is 2. The Labute approximate surface area is 144 Å². The van der Waals surface area contributed by atoms with Crippen molar-refractivity contribution in [3.63, 3.8) is 0 Å². The van der Waals surface area contributed by atoms with Crippen LogP contribution in [0, 0.1) is 5.82 Å². The van der Waals surface area contributed by atoms with Gasteiger partial charge in [0.15, 0.2) is 0 Å². The Morgan fingerprint density at radius 1 is 1.20 bits per heavy atom. The van der Waals surface area contributed by atoms with Crippen molar-refractivity contribution in [2.75, 3.05) is 28.7 Å². The number of aliphatic hydroxyl groups is 1. The predicted molar refractivity (Wildman–Crippen MR) is 92.9 cm³/mol. The van der Waals surface area contributed by atoms with E-state index >= 15 is 0 Å². The van der Waals surface area contributed by atoms with E-state index in [-0.39, 0.29) is 11.6 Å². The highest BCUT2D eigenvalue weighted by atomic mass is 19.1. The van der Waals surface area contributed by atoms with Crippen molar-refractivity contribution in [1.82, 2.24) is 0 Å². The summed E-state index contributed by atoms with van der Waals surface area (Å²) in [6, 6.07) is 12.6. The van der Waals surface area contributed by atoms with Gasteiger partial charge in [0.2, 0.25) is 11.8 Å². The monoisotopic (exact) mass is 343 g/mol. The highest BCUT2D eigenvalue weighted by Crippen LogP contribution is 2.26. The maximum absolute atomic E-state index is 13.9. The molecule has 25 heavy (non-hydrogen) atoms. The Balaban J connectivity index is 1.70. The minimum Gasteiger partial charge on any atom is -0.387 e. The molecule has 0 spiro atoms. The second kappa shape index (κ2) is 7.31.